The molecule has 6 rings (SSSR count). The van der Waals surface area contributed by atoms with Gasteiger partial charge in [-0.05, 0) is 44.3 Å². The Hall–Kier alpha value is -4.85. The minimum atomic E-state index is 0.0851. The maximum absolute atomic E-state index is 11.3. The maximum Gasteiger partial charge on any atom is 0.172 e. The Kier molecular flexibility index (Phi) is 9.79. The summed E-state index contributed by atoms with van der Waals surface area (Å²) >= 11 is 0. The van der Waals surface area contributed by atoms with Gasteiger partial charge in [-0.3, -0.25) is 19.4 Å². The van der Waals surface area contributed by atoms with Crippen molar-refractivity contribution in [1.82, 2.24) is 44.9 Å². The van der Waals surface area contributed by atoms with E-state index in [0.717, 1.165) is 60.8 Å². The molecule has 0 radical (unpaired) electrons. The zero-order valence-electron chi connectivity index (χ0n) is 25.1. The van der Waals surface area contributed by atoms with E-state index in [0.29, 0.717) is 23.4 Å². The highest BCUT2D eigenvalue weighted by molar-refractivity contribution is 5.89. The van der Waals surface area contributed by atoms with Crippen molar-refractivity contribution in [1.29, 1.82) is 0 Å². The highest BCUT2D eigenvalue weighted by atomic mass is 16.3. The summed E-state index contributed by atoms with van der Waals surface area (Å²) in [6, 6.07) is 13.6. The van der Waals surface area contributed by atoms with Crippen LogP contribution in [-0.2, 0) is 7.05 Å². The van der Waals surface area contributed by atoms with Gasteiger partial charge in [0.1, 0.15) is 28.7 Å². The van der Waals surface area contributed by atoms with E-state index in [1.54, 1.807) is 10.9 Å². The topological polar surface area (TPSA) is 164 Å². The van der Waals surface area contributed by atoms with Gasteiger partial charge in [-0.15, -0.1) is 0 Å². The van der Waals surface area contributed by atoms with Gasteiger partial charge < -0.3 is 21.1 Å². The lowest BCUT2D eigenvalue weighted by Crippen LogP contribution is -2.47. The SMILES string of the molecule is CNC(C)c1nccc(N2CCN(CCO)CC2)n1.Cn1ccc(-c2nc(N)c(C=O)nc2-c2ccc3ncccc3c2)n1. The molecule has 1 atom stereocenters. The smallest absolute Gasteiger partial charge is 0.172 e. The van der Waals surface area contributed by atoms with Crippen LogP contribution in [0.1, 0.15) is 29.3 Å². The van der Waals surface area contributed by atoms with Crippen LogP contribution >= 0.6 is 0 Å². The number of fused-ring (bicyclic) bond motifs is 1. The fourth-order valence-electron chi connectivity index (χ4n) is 4.91. The van der Waals surface area contributed by atoms with Crippen molar-refractivity contribution in [3.63, 3.8) is 0 Å². The van der Waals surface area contributed by atoms with Crippen LogP contribution in [0.25, 0.3) is 33.5 Å². The number of carbonyl (C=O) groups excluding carboxylic acids is 1. The third kappa shape index (κ3) is 7.02. The molecule has 4 aromatic heterocycles. The summed E-state index contributed by atoms with van der Waals surface area (Å²) in [6.45, 7) is 6.90. The Bertz CT molecular complexity index is 1720. The predicted octanol–water partition coefficient (Wildman–Crippen LogP) is 2.36. The van der Waals surface area contributed by atoms with Gasteiger partial charge >= 0.3 is 0 Å². The first-order valence-corrected chi connectivity index (χ1v) is 14.5. The van der Waals surface area contributed by atoms with E-state index in [9.17, 15) is 4.79 Å². The van der Waals surface area contributed by atoms with Gasteiger partial charge in [-0.1, -0.05) is 12.1 Å². The fourth-order valence-corrected chi connectivity index (χ4v) is 4.91. The number of hydrogen-bond donors (Lipinski definition) is 3. The molecule has 13 heteroatoms. The van der Waals surface area contributed by atoms with E-state index < -0.39 is 0 Å². The van der Waals surface area contributed by atoms with E-state index in [2.05, 4.69) is 52.1 Å². The first-order valence-electron chi connectivity index (χ1n) is 14.5. The number of anilines is 2. The number of aliphatic hydroxyl groups excluding tert-OH is 1. The Balaban J connectivity index is 0.000000182. The second-order valence-electron chi connectivity index (χ2n) is 10.4. The summed E-state index contributed by atoms with van der Waals surface area (Å²) < 4.78 is 1.68. The number of aliphatic hydroxyl groups is 1. The molecule has 1 aliphatic heterocycles. The van der Waals surface area contributed by atoms with Gasteiger partial charge in [-0.25, -0.2) is 19.9 Å². The van der Waals surface area contributed by atoms with E-state index in [1.165, 1.54) is 0 Å². The molecule has 4 N–H and O–H groups in total. The molecule has 5 aromatic rings. The molecule has 0 spiro atoms. The summed E-state index contributed by atoms with van der Waals surface area (Å²) in [7, 11) is 3.73. The van der Waals surface area contributed by atoms with Gasteiger partial charge in [0.2, 0.25) is 0 Å². The molecule has 1 saturated heterocycles. The largest absolute Gasteiger partial charge is 0.395 e. The highest BCUT2D eigenvalue weighted by Gasteiger charge is 2.19. The normalized spacial score (nSPS) is 14.2. The molecule has 44 heavy (non-hydrogen) atoms. The highest BCUT2D eigenvalue weighted by Crippen LogP contribution is 2.31. The quantitative estimate of drug-likeness (QED) is 0.225. The number of benzene rings is 1. The molecular formula is C31H37N11O2. The number of piperazine rings is 1. The Morgan fingerprint density at radius 3 is 2.55 bits per heavy atom. The van der Waals surface area contributed by atoms with Crippen molar-refractivity contribution in [2.75, 3.05) is 57.0 Å². The van der Waals surface area contributed by atoms with Crippen LogP contribution in [0.5, 0.6) is 0 Å². The maximum atomic E-state index is 11.3. The van der Waals surface area contributed by atoms with E-state index in [1.807, 2.05) is 69.0 Å². The molecule has 13 nitrogen and oxygen atoms in total. The van der Waals surface area contributed by atoms with Gasteiger partial charge in [0.25, 0.3) is 0 Å². The van der Waals surface area contributed by atoms with Crippen molar-refractivity contribution in [3.8, 4) is 22.6 Å². The standard InChI is InChI=1S/C18H14N6O.C13H23N5O/c1-24-8-6-14(23-24)17-16(21-15(10-25)18(19)22-17)12-4-5-13-11(9-12)3-2-7-20-13;1-11(14-2)13-15-4-3-12(16-13)18-7-5-17(6-8-18)9-10-19/h2-10H,1H3,(H2,19,22);3-4,11,14,19H,5-10H2,1-2H3. The van der Waals surface area contributed by atoms with Crippen molar-refractivity contribution in [2.45, 2.75) is 13.0 Å². The summed E-state index contributed by atoms with van der Waals surface area (Å²) in [6.07, 6.45) is 5.99. The number of aromatic nitrogens is 7. The summed E-state index contributed by atoms with van der Waals surface area (Å²) in [5, 5.41) is 17.5. The van der Waals surface area contributed by atoms with Crippen LogP contribution in [0.3, 0.4) is 0 Å². The fraction of sp³-hybridized carbons (Fsp3) is 0.323. The van der Waals surface area contributed by atoms with Gasteiger partial charge in [0, 0.05) is 69.3 Å². The number of nitrogen functional groups attached to an aromatic ring is 1. The molecule has 0 amide bonds. The van der Waals surface area contributed by atoms with Crippen LogP contribution in [0.4, 0.5) is 11.6 Å². The first kappa shape index (κ1) is 30.6. The number of nitrogens with zero attached hydrogens (tertiary/aromatic N) is 9. The molecule has 1 unspecified atom stereocenters. The van der Waals surface area contributed by atoms with Crippen molar-refractivity contribution in [3.05, 3.63) is 72.6 Å². The number of pyridine rings is 1. The molecule has 0 bridgehead atoms. The number of nitrogens with two attached hydrogens (primary N) is 1. The van der Waals surface area contributed by atoms with Crippen LogP contribution < -0.4 is 16.0 Å². The van der Waals surface area contributed by atoms with Gasteiger partial charge in [0.05, 0.1) is 23.9 Å². The zero-order valence-corrected chi connectivity index (χ0v) is 25.1. The molecule has 5 heterocycles. The number of carbonyl (C=O) groups is 1. The minimum absolute atomic E-state index is 0.0851. The van der Waals surface area contributed by atoms with E-state index >= 15 is 0 Å². The lowest BCUT2D eigenvalue weighted by atomic mass is 10.0. The predicted molar refractivity (Wildman–Crippen MR) is 170 cm³/mol. The average molecular weight is 596 g/mol. The van der Waals surface area contributed by atoms with E-state index in [4.69, 9.17) is 10.8 Å². The average Bonchev–Trinajstić information content (AvgIpc) is 3.51. The van der Waals surface area contributed by atoms with Crippen molar-refractivity contribution >= 4 is 28.8 Å². The second kappa shape index (κ2) is 14.1. The third-order valence-corrected chi connectivity index (χ3v) is 7.49. The first-order chi connectivity index (χ1) is 21.4. The third-order valence-electron chi connectivity index (χ3n) is 7.49. The number of aldehydes is 1. The molecular weight excluding hydrogens is 558 g/mol. The second-order valence-corrected chi connectivity index (χ2v) is 10.4. The molecule has 0 saturated carbocycles. The lowest BCUT2D eigenvalue weighted by molar-refractivity contribution is 0.111. The molecule has 1 aliphatic rings. The number of β-amino-alcohol motifs (C(OH)–C–C–N with tert-alkyl or cyclic N) is 1. The summed E-state index contributed by atoms with van der Waals surface area (Å²) in [5.74, 6) is 1.91. The van der Waals surface area contributed by atoms with Crippen LogP contribution in [0.2, 0.25) is 0 Å². The van der Waals surface area contributed by atoms with Crippen molar-refractivity contribution in [2.24, 2.45) is 7.05 Å². The minimum Gasteiger partial charge on any atom is -0.395 e. The monoisotopic (exact) mass is 595 g/mol. The van der Waals surface area contributed by atoms with Gasteiger partial charge in [0.15, 0.2) is 12.1 Å². The van der Waals surface area contributed by atoms with Crippen molar-refractivity contribution < 1.29 is 9.90 Å². The Morgan fingerprint density at radius 1 is 1.02 bits per heavy atom. The summed E-state index contributed by atoms with van der Waals surface area (Å²) in [4.78, 5) is 37.9. The number of aryl methyl sites for hydroxylation is 1. The molecule has 228 valence electrons. The Morgan fingerprint density at radius 2 is 1.84 bits per heavy atom. The van der Waals surface area contributed by atoms with Crippen LogP contribution in [-0.4, -0.2) is 97.4 Å². The molecule has 1 aromatic carbocycles. The summed E-state index contributed by atoms with van der Waals surface area (Å²) in [5.41, 5.74) is 9.40. The van der Waals surface area contributed by atoms with E-state index in [-0.39, 0.29) is 24.2 Å². The zero-order chi connectivity index (χ0) is 31.1. The number of hydrogen-bond acceptors (Lipinski definition) is 12. The number of nitrogens with one attached hydrogen (secondary N) is 1. The van der Waals surface area contributed by atoms with Crippen LogP contribution in [0.15, 0.2) is 61.1 Å². The molecule has 0 aliphatic carbocycles. The molecule has 1 fully saturated rings. The number of rotatable bonds is 8. The van der Waals surface area contributed by atoms with Gasteiger partial charge in [-0.2, -0.15) is 5.10 Å². The Labute approximate surface area is 255 Å². The lowest BCUT2D eigenvalue weighted by Gasteiger charge is -2.35. The van der Waals surface area contributed by atoms with Crippen LogP contribution in [0, 0.1) is 0 Å².